The van der Waals surface area contributed by atoms with Crippen LogP contribution in [0.1, 0.15) is 20.3 Å². The van der Waals surface area contributed by atoms with Crippen LogP contribution in [-0.4, -0.2) is 52.0 Å². The Morgan fingerprint density at radius 2 is 2.17 bits per heavy atom. The van der Waals surface area contributed by atoms with Crippen molar-refractivity contribution in [3.8, 4) is 0 Å². The van der Waals surface area contributed by atoms with Crippen molar-refractivity contribution in [1.29, 1.82) is 0 Å². The molecule has 1 aromatic heterocycles. The van der Waals surface area contributed by atoms with Crippen LogP contribution in [0.3, 0.4) is 0 Å². The molecule has 130 valence electrons. The first-order chi connectivity index (χ1) is 11.3. The summed E-state index contributed by atoms with van der Waals surface area (Å²) < 4.78 is 35.6. The molecule has 1 fully saturated rings. The molecule has 10 heteroatoms. The van der Waals surface area contributed by atoms with Gasteiger partial charge in [0.15, 0.2) is 0 Å². The molecule has 2 heterocycles. The van der Waals surface area contributed by atoms with Crippen LogP contribution < -0.4 is 11.1 Å². The molecule has 2 atom stereocenters. The highest BCUT2D eigenvalue weighted by molar-refractivity contribution is 7.89. The molecule has 24 heavy (non-hydrogen) atoms. The summed E-state index contributed by atoms with van der Waals surface area (Å²) in [5.41, 5.74) is 6.79. The van der Waals surface area contributed by atoms with E-state index in [1.807, 2.05) is 13.8 Å². The predicted molar refractivity (Wildman–Crippen MR) is 91.0 cm³/mol. The zero-order valence-corrected chi connectivity index (χ0v) is 15.0. The molecule has 2 aromatic rings. The highest BCUT2D eigenvalue weighted by Crippen LogP contribution is 2.29. The molecular formula is C14H19N5O3S2. The number of aromatic nitrogens is 2. The zero-order chi connectivity index (χ0) is 17.5. The summed E-state index contributed by atoms with van der Waals surface area (Å²) in [5.74, 6) is -0.329. The Morgan fingerprint density at radius 3 is 2.88 bits per heavy atom. The maximum Gasteiger partial charge on any atom is 0.246 e. The quantitative estimate of drug-likeness (QED) is 0.800. The van der Waals surface area contributed by atoms with Crippen LogP contribution >= 0.6 is 11.7 Å². The summed E-state index contributed by atoms with van der Waals surface area (Å²) in [4.78, 5) is 12.5. The van der Waals surface area contributed by atoms with Crippen molar-refractivity contribution in [2.24, 2.45) is 5.73 Å². The Labute approximate surface area is 144 Å². The smallest absolute Gasteiger partial charge is 0.246 e. The summed E-state index contributed by atoms with van der Waals surface area (Å²) in [7, 11) is -3.90. The van der Waals surface area contributed by atoms with Gasteiger partial charge in [-0.15, -0.1) is 0 Å². The molecule has 3 N–H and O–H groups in total. The van der Waals surface area contributed by atoms with Crippen molar-refractivity contribution in [3.05, 3.63) is 18.2 Å². The van der Waals surface area contributed by atoms with Gasteiger partial charge < -0.3 is 11.1 Å². The molecule has 3 rings (SSSR count). The average molecular weight is 369 g/mol. The van der Waals surface area contributed by atoms with E-state index in [0.29, 0.717) is 17.5 Å². The largest absolute Gasteiger partial charge is 0.353 e. The molecule has 1 aromatic carbocycles. The second-order valence-corrected chi connectivity index (χ2v) is 8.53. The number of fused-ring (bicyclic) bond motifs is 1. The van der Waals surface area contributed by atoms with Crippen molar-refractivity contribution in [1.82, 2.24) is 18.4 Å². The minimum Gasteiger partial charge on any atom is -0.353 e. The van der Waals surface area contributed by atoms with Gasteiger partial charge in [0.2, 0.25) is 15.9 Å². The van der Waals surface area contributed by atoms with Gasteiger partial charge >= 0.3 is 0 Å². The molecule has 0 radical (unpaired) electrons. The summed E-state index contributed by atoms with van der Waals surface area (Å²) >= 11 is 0.955. The van der Waals surface area contributed by atoms with Gasteiger partial charge in [-0.2, -0.15) is 13.1 Å². The molecule has 1 saturated heterocycles. The van der Waals surface area contributed by atoms with Gasteiger partial charge in [-0.1, -0.05) is 6.07 Å². The van der Waals surface area contributed by atoms with E-state index in [4.69, 9.17) is 5.73 Å². The molecule has 1 aliphatic heterocycles. The van der Waals surface area contributed by atoms with E-state index in [1.54, 1.807) is 12.1 Å². The van der Waals surface area contributed by atoms with Gasteiger partial charge in [0.1, 0.15) is 22.0 Å². The number of hydrogen-bond acceptors (Lipinski definition) is 7. The van der Waals surface area contributed by atoms with Gasteiger partial charge in [0, 0.05) is 18.6 Å². The topological polar surface area (TPSA) is 118 Å². The van der Waals surface area contributed by atoms with Crippen molar-refractivity contribution in [2.45, 2.75) is 43.3 Å². The van der Waals surface area contributed by atoms with Crippen molar-refractivity contribution in [2.75, 3.05) is 6.54 Å². The minimum absolute atomic E-state index is 0.0604. The number of carbonyl (C=O) groups is 1. The van der Waals surface area contributed by atoms with E-state index in [9.17, 15) is 13.2 Å². The van der Waals surface area contributed by atoms with Crippen molar-refractivity contribution < 1.29 is 13.2 Å². The first-order valence-corrected chi connectivity index (χ1v) is 9.77. The molecule has 0 unspecified atom stereocenters. The third-order valence-corrected chi connectivity index (χ3v) is 6.31. The molecule has 0 bridgehead atoms. The number of nitrogens with zero attached hydrogens (tertiary/aromatic N) is 3. The fourth-order valence-corrected chi connectivity index (χ4v) is 5.25. The average Bonchev–Trinajstić information content (AvgIpc) is 3.12. The number of nitrogens with one attached hydrogen (secondary N) is 1. The van der Waals surface area contributed by atoms with E-state index in [0.717, 1.165) is 11.7 Å². The Morgan fingerprint density at radius 1 is 1.42 bits per heavy atom. The molecule has 1 aliphatic rings. The van der Waals surface area contributed by atoms with Gasteiger partial charge in [-0.3, -0.25) is 4.79 Å². The third-order valence-electron chi connectivity index (χ3n) is 3.86. The fourth-order valence-electron chi connectivity index (χ4n) is 2.84. The molecule has 0 spiro atoms. The molecule has 0 aliphatic carbocycles. The van der Waals surface area contributed by atoms with Gasteiger partial charge in [0.05, 0.1) is 11.7 Å². The third kappa shape index (κ3) is 3.02. The van der Waals surface area contributed by atoms with Crippen LogP contribution in [0.2, 0.25) is 0 Å². The van der Waals surface area contributed by atoms with E-state index >= 15 is 0 Å². The van der Waals surface area contributed by atoms with Crippen LogP contribution in [0.25, 0.3) is 11.0 Å². The van der Waals surface area contributed by atoms with E-state index in [1.165, 1.54) is 10.4 Å². The standard InChI is InChI=1S/C14H19N5O3S2/c1-8(2)16-14(20)11-6-9(15)7-19(11)24(21,22)12-5-3-4-10-13(12)18-23-17-10/h3-5,8-9,11H,6-7,15H2,1-2H3,(H,16,20)/t9-,11-/m0/s1. The van der Waals surface area contributed by atoms with Gasteiger partial charge in [0.25, 0.3) is 0 Å². The van der Waals surface area contributed by atoms with Crippen LogP contribution in [0.4, 0.5) is 0 Å². The molecule has 1 amide bonds. The molecule has 8 nitrogen and oxygen atoms in total. The monoisotopic (exact) mass is 369 g/mol. The molecule has 0 saturated carbocycles. The number of sulfonamides is 1. The lowest BCUT2D eigenvalue weighted by Gasteiger charge is -2.24. The summed E-state index contributed by atoms with van der Waals surface area (Å²) in [6.45, 7) is 3.76. The van der Waals surface area contributed by atoms with E-state index in [-0.39, 0.29) is 29.4 Å². The normalized spacial score (nSPS) is 22.3. The maximum atomic E-state index is 13.1. The fraction of sp³-hybridized carbons (Fsp3) is 0.500. The number of benzene rings is 1. The Kier molecular flexibility index (Phi) is 4.56. The Hall–Kier alpha value is -1.62. The van der Waals surface area contributed by atoms with Crippen molar-refractivity contribution >= 4 is 38.7 Å². The Bertz CT molecular complexity index is 864. The lowest BCUT2D eigenvalue weighted by Crippen LogP contribution is -2.47. The van der Waals surface area contributed by atoms with Crippen LogP contribution in [0.15, 0.2) is 23.1 Å². The van der Waals surface area contributed by atoms with Crippen LogP contribution in [0.5, 0.6) is 0 Å². The molecular weight excluding hydrogens is 350 g/mol. The maximum absolute atomic E-state index is 13.1. The second-order valence-electron chi connectivity index (χ2n) is 6.14. The number of rotatable bonds is 4. The highest BCUT2D eigenvalue weighted by Gasteiger charge is 2.43. The number of hydrogen-bond donors (Lipinski definition) is 2. The summed E-state index contributed by atoms with van der Waals surface area (Å²) in [6.07, 6.45) is 0.295. The lowest BCUT2D eigenvalue weighted by atomic mass is 10.1. The number of carbonyl (C=O) groups excluding carboxylic acids is 1. The number of amides is 1. The zero-order valence-electron chi connectivity index (χ0n) is 13.3. The van der Waals surface area contributed by atoms with Crippen LogP contribution in [-0.2, 0) is 14.8 Å². The summed E-state index contributed by atoms with van der Waals surface area (Å²) in [5, 5.41) is 2.76. The summed E-state index contributed by atoms with van der Waals surface area (Å²) in [6, 6.07) is 3.54. The van der Waals surface area contributed by atoms with Crippen molar-refractivity contribution in [3.63, 3.8) is 0 Å². The van der Waals surface area contributed by atoms with Gasteiger partial charge in [-0.05, 0) is 32.4 Å². The lowest BCUT2D eigenvalue weighted by molar-refractivity contribution is -0.124. The van der Waals surface area contributed by atoms with Crippen LogP contribution in [0, 0.1) is 0 Å². The second kappa shape index (κ2) is 6.36. The first-order valence-electron chi connectivity index (χ1n) is 7.60. The predicted octanol–water partition coefficient (Wildman–Crippen LogP) is 0.306. The van der Waals surface area contributed by atoms with E-state index < -0.39 is 16.1 Å². The number of nitrogens with two attached hydrogens (primary N) is 1. The van der Waals surface area contributed by atoms with E-state index in [2.05, 4.69) is 14.1 Å². The Balaban J connectivity index is 2.01. The highest BCUT2D eigenvalue weighted by atomic mass is 32.2. The minimum atomic E-state index is -3.90. The SMILES string of the molecule is CC(C)NC(=O)[C@@H]1C[C@H](N)CN1S(=O)(=O)c1cccc2nsnc12. The first kappa shape index (κ1) is 17.2. The van der Waals surface area contributed by atoms with Gasteiger partial charge in [-0.25, -0.2) is 8.42 Å².